The SMILES string of the molecule is Cc1ccc(CN(C)CC2(C#N)CC2)cc1. The van der Waals surface area contributed by atoms with E-state index in [-0.39, 0.29) is 5.41 Å². The van der Waals surface area contributed by atoms with Crippen LogP contribution in [0, 0.1) is 23.7 Å². The van der Waals surface area contributed by atoms with E-state index in [1.54, 1.807) is 0 Å². The van der Waals surface area contributed by atoms with E-state index >= 15 is 0 Å². The van der Waals surface area contributed by atoms with Crippen molar-refractivity contribution in [2.75, 3.05) is 13.6 Å². The topological polar surface area (TPSA) is 27.0 Å². The van der Waals surface area contributed by atoms with Gasteiger partial charge in [-0.25, -0.2) is 0 Å². The lowest BCUT2D eigenvalue weighted by Gasteiger charge is -2.19. The molecule has 1 saturated carbocycles. The van der Waals surface area contributed by atoms with Crippen LogP contribution in [-0.2, 0) is 6.54 Å². The molecule has 0 atom stereocenters. The van der Waals surface area contributed by atoms with E-state index in [0.29, 0.717) is 0 Å². The van der Waals surface area contributed by atoms with Crippen LogP contribution in [-0.4, -0.2) is 18.5 Å². The third-order valence-corrected chi connectivity index (χ3v) is 3.24. The molecule has 1 aliphatic carbocycles. The Hall–Kier alpha value is -1.33. The van der Waals surface area contributed by atoms with Crippen LogP contribution in [0.2, 0.25) is 0 Å². The van der Waals surface area contributed by atoms with Crippen molar-refractivity contribution in [1.29, 1.82) is 5.26 Å². The quantitative estimate of drug-likeness (QED) is 0.770. The van der Waals surface area contributed by atoms with Crippen molar-refractivity contribution in [3.63, 3.8) is 0 Å². The Labute approximate surface area is 97.5 Å². The van der Waals surface area contributed by atoms with Crippen LogP contribution in [0.5, 0.6) is 0 Å². The van der Waals surface area contributed by atoms with Crippen molar-refractivity contribution in [2.24, 2.45) is 5.41 Å². The van der Waals surface area contributed by atoms with Crippen molar-refractivity contribution in [1.82, 2.24) is 4.90 Å². The average molecular weight is 214 g/mol. The van der Waals surface area contributed by atoms with Crippen LogP contribution in [0.1, 0.15) is 24.0 Å². The number of rotatable bonds is 4. The number of hydrogen-bond donors (Lipinski definition) is 0. The molecular formula is C14H18N2. The number of benzene rings is 1. The van der Waals surface area contributed by atoms with Crippen molar-refractivity contribution >= 4 is 0 Å². The smallest absolute Gasteiger partial charge is 0.0703 e. The molecule has 0 saturated heterocycles. The largest absolute Gasteiger partial charge is 0.301 e. The highest BCUT2D eigenvalue weighted by Gasteiger charge is 2.43. The lowest BCUT2D eigenvalue weighted by molar-refractivity contribution is 0.286. The molecule has 0 heterocycles. The number of nitriles is 1. The zero-order valence-corrected chi connectivity index (χ0v) is 10.0. The number of nitrogens with zero attached hydrogens (tertiary/aromatic N) is 2. The Morgan fingerprint density at radius 3 is 2.44 bits per heavy atom. The second-order valence-corrected chi connectivity index (χ2v) is 5.05. The first-order valence-electron chi connectivity index (χ1n) is 5.79. The third-order valence-electron chi connectivity index (χ3n) is 3.24. The average Bonchev–Trinajstić information content (AvgIpc) is 3.02. The summed E-state index contributed by atoms with van der Waals surface area (Å²) in [4.78, 5) is 2.25. The van der Waals surface area contributed by atoms with Gasteiger partial charge in [0, 0.05) is 13.1 Å². The Kier molecular flexibility index (Phi) is 2.98. The summed E-state index contributed by atoms with van der Waals surface area (Å²) >= 11 is 0. The van der Waals surface area contributed by atoms with Crippen LogP contribution in [0.25, 0.3) is 0 Å². The molecule has 1 fully saturated rings. The van der Waals surface area contributed by atoms with E-state index in [4.69, 9.17) is 5.26 Å². The minimum Gasteiger partial charge on any atom is -0.301 e. The highest BCUT2D eigenvalue weighted by molar-refractivity contribution is 5.21. The van der Waals surface area contributed by atoms with Gasteiger partial charge < -0.3 is 4.90 Å². The van der Waals surface area contributed by atoms with E-state index < -0.39 is 0 Å². The lowest BCUT2D eigenvalue weighted by Crippen LogP contribution is -2.25. The van der Waals surface area contributed by atoms with Gasteiger partial charge in [0.1, 0.15) is 0 Å². The summed E-state index contributed by atoms with van der Waals surface area (Å²) in [5.41, 5.74) is 2.59. The van der Waals surface area contributed by atoms with Gasteiger partial charge in [0.2, 0.25) is 0 Å². The summed E-state index contributed by atoms with van der Waals surface area (Å²) in [5, 5.41) is 9.03. The molecule has 2 rings (SSSR count). The summed E-state index contributed by atoms with van der Waals surface area (Å²) in [7, 11) is 2.09. The normalized spacial score (nSPS) is 17.1. The van der Waals surface area contributed by atoms with Crippen molar-refractivity contribution in [3.05, 3.63) is 35.4 Å². The molecule has 2 heteroatoms. The second kappa shape index (κ2) is 4.27. The molecule has 84 valence electrons. The fraction of sp³-hybridized carbons (Fsp3) is 0.500. The van der Waals surface area contributed by atoms with Gasteiger partial charge in [-0.05, 0) is 32.4 Å². The van der Waals surface area contributed by atoms with Gasteiger partial charge in [-0.15, -0.1) is 0 Å². The van der Waals surface area contributed by atoms with Gasteiger partial charge in [-0.3, -0.25) is 0 Å². The van der Waals surface area contributed by atoms with E-state index in [1.165, 1.54) is 11.1 Å². The van der Waals surface area contributed by atoms with Crippen LogP contribution in [0.4, 0.5) is 0 Å². The maximum absolute atomic E-state index is 9.03. The molecular weight excluding hydrogens is 196 g/mol. The van der Waals surface area contributed by atoms with Crippen LogP contribution in [0.3, 0.4) is 0 Å². The van der Waals surface area contributed by atoms with E-state index in [0.717, 1.165) is 25.9 Å². The molecule has 0 aliphatic heterocycles. The monoisotopic (exact) mass is 214 g/mol. The summed E-state index contributed by atoms with van der Waals surface area (Å²) in [6.07, 6.45) is 2.14. The van der Waals surface area contributed by atoms with Gasteiger partial charge in [-0.1, -0.05) is 29.8 Å². The van der Waals surface area contributed by atoms with Gasteiger partial charge >= 0.3 is 0 Å². The molecule has 0 radical (unpaired) electrons. The minimum atomic E-state index is -0.0283. The highest BCUT2D eigenvalue weighted by Crippen LogP contribution is 2.45. The van der Waals surface area contributed by atoms with Gasteiger partial charge in [0.15, 0.2) is 0 Å². The summed E-state index contributed by atoms with van der Waals surface area (Å²) in [6.45, 7) is 3.93. The molecule has 0 amide bonds. The molecule has 2 nitrogen and oxygen atoms in total. The third kappa shape index (κ3) is 2.62. The zero-order chi connectivity index (χ0) is 11.6. The predicted octanol–water partition coefficient (Wildman–Crippen LogP) is 2.73. The van der Waals surface area contributed by atoms with Gasteiger partial charge in [0.05, 0.1) is 11.5 Å². The first kappa shape index (κ1) is 11.2. The Balaban J connectivity index is 1.90. The number of hydrogen-bond acceptors (Lipinski definition) is 2. The fourth-order valence-corrected chi connectivity index (χ4v) is 2.03. The summed E-state index contributed by atoms with van der Waals surface area (Å²) < 4.78 is 0. The zero-order valence-electron chi connectivity index (χ0n) is 10.0. The molecule has 0 bridgehead atoms. The Morgan fingerprint density at radius 2 is 1.94 bits per heavy atom. The van der Waals surface area contributed by atoms with Crippen molar-refractivity contribution < 1.29 is 0 Å². The minimum absolute atomic E-state index is 0.0283. The van der Waals surface area contributed by atoms with Crippen molar-refractivity contribution in [3.8, 4) is 6.07 Å². The summed E-state index contributed by atoms with van der Waals surface area (Å²) in [5.74, 6) is 0. The Morgan fingerprint density at radius 1 is 1.31 bits per heavy atom. The molecule has 0 N–H and O–H groups in total. The van der Waals surface area contributed by atoms with Gasteiger partial charge in [0.25, 0.3) is 0 Å². The first-order valence-corrected chi connectivity index (χ1v) is 5.79. The maximum atomic E-state index is 9.03. The Bertz CT molecular complexity index is 396. The lowest BCUT2D eigenvalue weighted by atomic mass is 10.1. The van der Waals surface area contributed by atoms with E-state index in [9.17, 15) is 0 Å². The molecule has 16 heavy (non-hydrogen) atoms. The van der Waals surface area contributed by atoms with E-state index in [1.807, 2.05) is 0 Å². The maximum Gasteiger partial charge on any atom is 0.0703 e. The van der Waals surface area contributed by atoms with Crippen molar-refractivity contribution in [2.45, 2.75) is 26.3 Å². The molecule has 1 aromatic rings. The van der Waals surface area contributed by atoms with Gasteiger partial charge in [-0.2, -0.15) is 5.26 Å². The molecule has 0 spiro atoms. The van der Waals surface area contributed by atoms with Crippen LogP contribution >= 0.6 is 0 Å². The van der Waals surface area contributed by atoms with Crippen LogP contribution in [0.15, 0.2) is 24.3 Å². The molecule has 0 unspecified atom stereocenters. The summed E-state index contributed by atoms with van der Waals surface area (Å²) in [6, 6.07) is 11.0. The molecule has 0 aromatic heterocycles. The number of aryl methyl sites for hydroxylation is 1. The standard InChI is InChI=1S/C14H18N2/c1-12-3-5-13(6-4-12)9-16(2)11-14(10-15)7-8-14/h3-6H,7-9,11H2,1-2H3. The fourth-order valence-electron chi connectivity index (χ4n) is 2.03. The highest BCUT2D eigenvalue weighted by atomic mass is 15.1. The predicted molar refractivity (Wildman–Crippen MR) is 64.8 cm³/mol. The molecule has 1 aromatic carbocycles. The molecule has 1 aliphatic rings. The first-order chi connectivity index (χ1) is 7.63. The second-order valence-electron chi connectivity index (χ2n) is 5.05. The van der Waals surface area contributed by atoms with E-state index in [2.05, 4.69) is 49.2 Å². The van der Waals surface area contributed by atoms with Crippen LogP contribution < -0.4 is 0 Å².